The number of anilines is 4. The van der Waals surface area contributed by atoms with Crippen LogP contribution in [0.3, 0.4) is 0 Å². The first-order valence-electron chi connectivity index (χ1n) is 16.1. The van der Waals surface area contributed by atoms with Crippen LogP contribution in [0.4, 0.5) is 27.1 Å². The molecule has 9 nitrogen and oxygen atoms in total. The van der Waals surface area contributed by atoms with Crippen molar-refractivity contribution in [2.45, 2.75) is 57.7 Å². The van der Waals surface area contributed by atoms with E-state index in [0.29, 0.717) is 44.6 Å². The lowest BCUT2D eigenvalue weighted by atomic mass is 9.95. The van der Waals surface area contributed by atoms with E-state index >= 15 is 0 Å². The van der Waals surface area contributed by atoms with Crippen LogP contribution >= 0.6 is 23.2 Å². The first-order chi connectivity index (χ1) is 23.0. The van der Waals surface area contributed by atoms with Crippen LogP contribution in [0.1, 0.15) is 56.3 Å². The zero-order chi connectivity index (χ0) is 34.0. The van der Waals surface area contributed by atoms with E-state index in [0.717, 1.165) is 55.8 Å². The molecule has 12 heteroatoms. The van der Waals surface area contributed by atoms with Gasteiger partial charge < -0.3 is 26.7 Å². The SMILES string of the molecule is CC(C)(C)N1CCC(N/C=C(\NN)[C@@H](Nc2cc(Cl)c3ncc(C#N)c(Nc4ccc(F)c(Cl)c4)c3c2)c2cccc3c2CCN3)CC1. The average molecular weight is 689 g/mol. The highest BCUT2D eigenvalue weighted by Gasteiger charge is 2.28. The monoisotopic (exact) mass is 687 g/mol. The molecule has 1 fully saturated rings. The summed E-state index contributed by atoms with van der Waals surface area (Å²) in [7, 11) is 0. The fourth-order valence-electron chi connectivity index (χ4n) is 6.55. The summed E-state index contributed by atoms with van der Waals surface area (Å²) in [6.45, 7) is 9.67. The number of nitrogens with zero attached hydrogens (tertiary/aromatic N) is 3. The van der Waals surface area contributed by atoms with E-state index in [-0.39, 0.29) is 16.6 Å². The summed E-state index contributed by atoms with van der Waals surface area (Å²) < 4.78 is 13.9. The van der Waals surface area contributed by atoms with Crippen LogP contribution in [0.2, 0.25) is 10.0 Å². The summed E-state index contributed by atoms with van der Waals surface area (Å²) in [5.74, 6) is 5.72. The van der Waals surface area contributed by atoms with Crippen molar-refractivity contribution in [2.24, 2.45) is 5.84 Å². The number of nitriles is 1. The van der Waals surface area contributed by atoms with Gasteiger partial charge in [0.15, 0.2) is 0 Å². The Morgan fingerprint density at radius 3 is 2.60 bits per heavy atom. The molecule has 1 atom stereocenters. The van der Waals surface area contributed by atoms with Crippen LogP contribution in [-0.4, -0.2) is 41.1 Å². The zero-order valence-electron chi connectivity index (χ0n) is 27.2. The highest BCUT2D eigenvalue weighted by Crippen LogP contribution is 2.39. The molecule has 0 aliphatic carbocycles. The maximum absolute atomic E-state index is 13.9. The van der Waals surface area contributed by atoms with Crippen molar-refractivity contribution in [1.29, 1.82) is 5.26 Å². The lowest BCUT2D eigenvalue weighted by molar-refractivity contribution is 0.0988. The van der Waals surface area contributed by atoms with Crippen LogP contribution in [0, 0.1) is 17.1 Å². The molecule has 3 aromatic carbocycles. The summed E-state index contributed by atoms with van der Waals surface area (Å²) in [6, 6.07) is 16.4. The topological polar surface area (TPSA) is 126 Å². The van der Waals surface area contributed by atoms with Crippen molar-refractivity contribution in [2.75, 3.05) is 35.6 Å². The van der Waals surface area contributed by atoms with Gasteiger partial charge in [-0.1, -0.05) is 35.3 Å². The number of benzene rings is 3. The molecule has 0 saturated carbocycles. The second kappa shape index (κ2) is 14.1. The highest BCUT2D eigenvalue weighted by atomic mass is 35.5. The largest absolute Gasteiger partial charge is 0.387 e. The van der Waals surface area contributed by atoms with E-state index in [9.17, 15) is 9.65 Å². The molecule has 48 heavy (non-hydrogen) atoms. The van der Waals surface area contributed by atoms with E-state index in [1.165, 1.54) is 23.9 Å². The minimum Gasteiger partial charge on any atom is -0.387 e. The van der Waals surface area contributed by atoms with E-state index in [1.807, 2.05) is 24.4 Å². The molecule has 4 aromatic rings. The number of fused-ring (bicyclic) bond motifs is 2. The van der Waals surface area contributed by atoms with Crippen molar-refractivity contribution in [1.82, 2.24) is 20.6 Å². The molecule has 1 saturated heterocycles. The minimum atomic E-state index is -0.535. The van der Waals surface area contributed by atoms with Crippen LogP contribution in [0.5, 0.6) is 0 Å². The van der Waals surface area contributed by atoms with Gasteiger partial charge >= 0.3 is 0 Å². The number of piperidine rings is 1. The molecular weight excluding hydrogens is 648 g/mol. The normalized spacial score (nSPS) is 16.2. The summed E-state index contributed by atoms with van der Waals surface area (Å²) in [6.07, 6.45) is 6.38. The first kappa shape index (κ1) is 33.6. The number of hydrazine groups is 1. The van der Waals surface area contributed by atoms with Crippen molar-refractivity contribution in [3.05, 3.63) is 99.2 Å². The number of hydrogen-bond acceptors (Lipinski definition) is 9. The van der Waals surface area contributed by atoms with Gasteiger partial charge in [-0.15, -0.1) is 0 Å². The Kier molecular flexibility index (Phi) is 9.85. The molecule has 0 bridgehead atoms. The lowest BCUT2D eigenvalue weighted by Crippen LogP contribution is -2.49. The molecular formula is C36H40Cl2FN9. The number of hydrogen-bond donors (Lipinski definition) is 6. The van der Waals surface area contributed by atoms with Gasteiger partial charge in [-0.2, -0.15) is 5.26 Å². The van der Waals surface area contributed by atoms with E-state index in [2.05, 4.69) is 75.6 Å². The number of halogens is 3. The Morgan fingerprint density at radius 2 is 1.90 bits per heavy atom. The highest BCUT2D eigenvalue weighted by molar-refractivity contribution is 6.36. The van der Waals surface area contributed by atoms with Crippen LogP contribution in [-0.2, 0) is 6.42 Å². The smallest absolute Gasteiger partial charge is 0.141 e. The fourth-order valence-corrected chi connectivity index (χ4v) is 6.99. The van der Waals surface area contributed by atoms with Crippen LogP contribution in [0.15, 0.2) is 66.6 Å². The maximum atomic E-state index is 13.9. The number of rotatable bonds is 9. The number of pyridine rings is 1. The molecule has 0 unspecified atom stereocenters. The lowest BCUT2D eigenvalue weighted by Gasteiger charge is -2.41. The predicted octanol–water partition coefficient (Wildman–Crippen LogP) is 7.57. The summed E-state index contributed by atoms with van der Waals surface area (Å²) in [5, 5.41) is 25.0. The summed E-state index contributed by atoms with van der Waals surface area (Å²) in [5.41, 5.74) is 9.75. The van der Waals surface area contributed by atoms with Crippen molar-refractivity contribution in [3.8, 4) is 6.07 Å². The molecule has 6 rings (SSSR count). The zero-order valence-corrected chi connectivity index (χ0v) is 28.7. The van der Waals surface area contributed by atoms with E-state index in [4.69, 9.17) is 29.0 Å². The molecule has 0 radical (unpaired) electrons. The van der Waals surface area contributed by atoms with Gasteiger partial charge in [0.25, 0.3) is 0 Å². The van der Waals surface area contributed by atoms with E-state index < -0.39 is 5.82 Å². The van der Waals surface area contributed by atoms with Crippen molar-refractivity contribution < 1.29 is 4.39 Å². The van der Waals surface area contributed by atoms with E-state index in [1.54, 1.807) is 6.07 Å². The standard InChI is InChI=1S/C36H40Cl2FN9/c1-36(2,3)48-13-10-22(11-14-48)43-20-32(47-41)35(26-5-4-6-31-25(26)9-12-42-31)46-24-15-27-33(45-23-7-8-30(39)28(37)16-23)21(18-40)19-44-34(27)29(38)17-24/h4-8,15-17,19-20,22,35,42-43,46-47H,9-14,41H2,1-3H3,(H,44,45)/b32-20-/t35-/m0/s1. The van der Waals surface area contributed by atoms with Gasteiger partial charge in [-0.05, 0) is 87.6 Å². The summed E-state index contributed by atoms with van der Waals surface area (Å²) >= 11 is 12.9. The quantitative estimate of drug-likeness (QED) is 0.0780. The molecule has 250 valence electrons. The Balaban J connectivity index is 1.37. The van der Waals surface area contributed by atoms with Gasteiger partial charge in [0.2, 0.25) is 0 Å². The number of nitrogens with one attached hydrogen (secondary N) is 5. The minimum absolute atomic E-state index is 0.0352. The van der Waals surface area contributed by atoms with Gasteiger partial charge in [0.1, 0.15) is 11.9 Å². The Hall–Kier alpha value is -4.27. The third kappa shape index (κ3) is 7.10. The van der Waals surface area contributed by atoms with Gasteiger partial charge in [0, 0.05) is 66.1 Å². The average Bonchev–Trinajstić information content (AvgIpc) is 3.56. The Morgan fingerprint density at radius 1 is 1.12 bits per heavy atom. The first-order valence-corrected chi connectivity index (χ1v) is 16.9. The molecule has 0 amide bonds. The fraction of sp³-hybridized carbons (Fsp3) is 0.333. The molecule has 1 aromatic heterocycles. The molecule has 0 spiro atoms. The maximum Gasteiger partial charge on any atom is 0.141 e. The Labute approximate surface area is 290 Å². The van der Waals surface area contributed by atoms with Crippen molar-refractivity contribution in [3.63, 3.8) is 0 Å². The number of aromatic nitrogens is 1. The number of likely N-dealkylation sites (tertiary alicyclic amines) is 1. The van der Waals surface area contributed by atoms with Crippen molar-refractivity contribution >= 4 is 56.9 Å². The third-order valence-corrected chi connectivity index (χ3v) is 9.73. The molecule has 7 N–H and O–H groups in total. The summed E-state index contributed by atoms with van der Waals surface area (Å²) in [4.78, 5) is 7.01. The second-order valence-corrected chi connectivity index (χ2v) is 14.1. The van der Waals surface area contributed by atoms with Crippen LogP contribution in [0.25, 0.3) is 10.9 Å². The van der Waals surface area contributed by atoms with Crippen LogP contribution < -0.4 is 32.5 Å². The van der Waals surface area contributed by atoms with Gasteiger partial charge in [-0.25, -0.2) is 4.39 Å². The predicted molar refractivity (Wildman–Crippen MR) is 194 cm³/mol. The Bertz CT molecular complexity index is 1890. The molecule has 3 heterocycles. The molecule has 2 aliphatic heterocycles. The van der Waals surface area contributed by atoms with Gasteiger partial charge in [-0.3, -0.25) is 15.7 Å². The van der Waals surface area contributed by atoms with Gasteiger partial charge in [0.05, 0.1) is 38.6 Å². The third-order valence-electron chi connectivity index (χ3n) is 9.15. The second-order valence-electron chi connectivity index (χ2n) is 13.2. The molecule has 2 aliphatic rings. The number of nitrogens with two attached hydrogens (primary N) is 1.